The van der Waals surface area contributed by atoms with Gasteiger partial charge >= 0.3 is 18.5 Å². The van der Waals surface area contributed by atoms with Gasteiger partial charge in [-0.3, -0.25) is 0 Å². The molecule has 1 saturated heterocycles. The first kappa shape index (κ1) is 31.6. The van der Waals surface area contributed by atoms with E-state index >= 15 is 0 Å². The molecule has 3 aromatic carbocycles. The van der Waals surface area contributed by atoms with Gasteiger partial charge in [0.05, 0.1) is 11.5 Å². The first-order valence-electron chi connectivity index (χ1n) is 12.6. The highest BCUT2D eigenvalue weighted by atomic mass is 32.2. The van der Waals surface area contributed by atoms with Crippen molar-refractivity contribution in [2.45, 2.75) is 59.3 Å². The maximum atomic E-state index is 14.3. The molecule has 3 atom stereocenters. The fourth-order valence-corrected chi connectivity index (χ4v) is 7.71. The van der Waals surface area contributed by atoms with E-state index < -0.39 is 104 Å². The lowest BCUT2D eigenvalue weighted by atomic mass is 9.88. The average Bonchev–Trinajstić information content (AvgIpc) is 3.45. The molecule has 1 saturated carbocycles. The molecule has 5 rings (SSSR count). The molecule has 16 heteroatoms. The van der Waals surface area contributed by atoms with Gasteiger partial charge in [0.1, 0.15) is 34.4 Å². The Kier molecular flexibility index (Phi) is 7.68. The lowest BCUT2D eigenvalue weighted by Crippen LogP contribution is -2.56. The molecule has 0 amide bonds. The van der Waals surface area contributed by atoms with Gasteiger partial charge in [0, 0.05) is 24.0 Å². The van der Waals surface area contributed by atoms with Crippen LogP contribution in [0.1, 0.15) is 29.5 Å². The first-order chi connectivity index (χ1) is 20.4. The van der Waals surface area contributed by atoms with E-state index in [9.17, 15) is 52.7 Å². The van der Waals surface area contributed by atoms with E-state index in [2.05, 4.69) is 4.74 Å². The summed E-state index contributed by atoms with van der Waals surface area (Å²) in [5.41, 5.74) is -8.13. The van der Waals surface area contributed by atoms with Gasteiger partial charge in [0.2, 0.25) is 0 Å². The molecule has 0 N–H and O–H groups in total. The fraction of sp³-hybridized carbons (Fsp3) is 0.321. The van der Waals surface area contributed by atoms with Crippen molar-refractivity contribution in [2.75, 3.05) is 0 Å². The highest BCUT2D eigenvalue weighted by Gasteiger charge is 2.73. The van der Waals surface area contributed by atoms with Crippen LogP contribution >= 0.6 is 0 Å². The molecule has 0 spiro atoms. The Morgan fingerprint density at radius 1 is 0.773 bits per heavy atom. The van der Waals surface area contributed by atoms with E-state index in [1.165, 1.54) is 0 Å². The number of rotatable bonds is 7. The highest BCUT2D eigenvalue weighted by Crippen LogP contribution is 2.55. The van der Waals surface area contributed by atoms with Gasteiger partial charge in [0.25, 0.3) is 5.60 Å². The quantitative estimate of drug-likeness (QED) is 0.155. The third-order valence-electron chi connectivity index (χ3n) is 7.72. The minimum Gasteiger partial charge on any atom is -0.427 e. The van der Waals surface area contributed by atoms with Crippen molar-refractivity contribution in [3.8, 4) is 0 Å². The van der Waals surface area contributed by atoms with Crippen LogP contribution in [0.15, 0.2) is 71.6 Å². The summed E-state index contributed by atoms with van der Waals surface area (Å²) in [6.45, 7) is -1.77. The number of ether oxygens (including phenoxy) is 3. The highest BCUT2D eigenvalue weighted by molar-refractivity contribution is 7.92. The Bertz CT molecular complexity index is 1620. The molecule has 44 heavy (non-hydrogen) atoms. The lowest BCUT2D eigenvalue weighted by Gasteiger charge is -2.38. The van der Waals surface area contributed by atoms with Gasteiger partial charge in [0.15, 0.2) is 9.84 Å². The van der Waals surface area contributed by atoms with Crippen molar-refractivity contribution in [2.24, 2.45) is 0 Å². The van der Waals surface area contributed by atoms with Crippen LogP contribution in [0.25, 0.3) is 0 Å². The molecule has 1 aliphatic carbocycles. The lowest BCUT2D eigenvalue weighted by molar-refractivity contribution is -0.392. The molecule has 1 heterocycles. The number of hydrogen-bond acceptors (Lipinski definition) is 6. The molecule has 0 aromatic heterocycles. The largest absolute Gasteiger partial charge is 0.509 e. The normalized spacial score (nSPS) is 22.4. The van der Waals surface area contributed by atoms with Crippen LogP contribution in [-0.4, -0.2) is 39.1 Å². The van der Waals surface area contributed by atoms with Crippen molar-refractivity contribution in [1.82, 2.24) is 0 Å². The molecular formula is C28H19F9O6S. The number of sulfone groups is 1. The molecule has 2 fully saturated rings. The predicted molar refractivity (Wildman–Crippen MR) is 131 cm³/mol. The van der Waals surface area contributed by atoms with Crippen LogP contribution in [0.5, 0.6) is 0 Å². The zero-order chi connectivity index (χ0) is 32.3. The summed E-state index contributed by atoms with van der Waals surface area (Å²) in [7, 11) is -4.59. The number of hydrogen-bond donors (Lipinski definition) is 0. The third-order valence-corrected chi connectivity index (χ3v) is 10.2. The number of fused-ring (bicyclic) bond motifs is 1. The number of alkyl halides is 6. The van der Waals surface area contributed by atoms with Crippen LogP contribution in [0.3, 0.4) is 0 Å². The molecule has 3 aromatic rings. The van der Waals surface area contributed by atoms with E-state index in [4.69, 9.17) is 9.47 Å². The summed E-state index contributed by atoms with van der Waals surface area (Å²) in [5.74, 6) is -3.67. The van der Waals surface area contributed by atoms with E-state index in [0.717, 1.165) is 30.3 Å². The second-order valence-electron chi connectivity index (χ2n) is 10.2. The minimum absolute atomic E-state index is 0.293. The van der Waals surface area contributed by atoms with Crippen molar-refractivity contribution < 1.29 is 66.9 Å². The summed E-state index contributed by atoms with van der Waals surface area (Å²) >= 11 is 0. The number of carbonyl (C=O) groups is 1. The zero-order valence-electron chi connectivity index (χ0n) is 21.9. The second kappa shape index (κ2) is 10.7. The molecule has 236 valence electrons. The zero-order valence-corrected chi connectivity index (χ0v) is 22.7. The second-order valence-corrected chi connectivity index (χ2v) is 12.4. The number of halogens is 9. The van der Waals surface area contributed by atoms with Crippen LogP contribution < -0.4 is 0 Å². The Labute approximate surface area is 243 Å². The predicted octanol–water partition coefficient (Wildman–Crippen LogP) is 7.01. The third kappa shape index (κ3) is 4.97. The van der Waals surface area contributed by atoms with Crippen molar-refractivity contribution in [1.29, 1.82) is 0 Å². The Morgan fingerprint density at radius 3 is 1.75 bits per heavy atom. The molecule has 6 nitrogen and oxygen atoms in total. The minimum atomic E-state index is -6.22. The van der Waals surface area contributed by atoms with E-state index in [1.807, 2.05) is 0 Å². The molecule has 0 radical (unpaired) electrons. The monoisotopic (exact) mass is 654 g/mol. The maximum Gasteiger partial charge on any atom is 0.509 e. The summed E-state index contributed by atoms with van der Waals surface area (Å²) < 4.78 is 168. The Morgan fingerprint density at radius 2 is 1.27 bits per heavy atom. The van der Waals surface area contributed by atoms with Gasteiger partial charge in [-0.15, -0.1) is 0 Å². The summed E-state index contributed by atoms with van der Waals surface area (Å²) in [5, 5.41) is 0. The first-order valence-corrected chi connectivity index (χ1v) is 14.1. The summed E-state index contributed by atoms with van der Waals surface area (Å²) in [6, 6.07) is 7.74. The molecule has 1 aliphatic heterocycles. The Hall–Kier alpha value is -3.79. The van der Waals surface area contributed by atoms with Gasteiger partial charge in [-0.2, -0.15) is 26.3 Å². The van der Waals surface area contributed by atoms with Crippen molar-refractivity contribution >= 4 is 16.0 Å². The van der Waals surface area contributed by atoms with Gasteiger partial charge in [-0.05, 0) is 42.0 Å². The topological polar surface area (TPSA) is 78.9 Å². The average molecular weight is 655 g/mol. The molecule has 1 unspecified atom stereocenters. The SMILES string of the molecule is O=C1O[C@H]2CC(c3ccc(C(OCc4c(F)cccc4F)(C(F)(F)F)C(F)(F)F)cc3)(S(=O)(=O)c3ccc(F)cc3)C[C@H]2O1. The van der Waals surface area contributed by atoms with Crippen LogP contribution in [-0.2, 0) is 41.0 Å². The molecule has 0 bridgehead atoms. The summed E-state index contributed by atoms with van der Waals surface area (Å²) in [6.07, 6.45) is -16.8. The van der Waals surface area contributed by atoms with E-state index in [-0.39, 0.29) is 5.56 Å². The fourth-order valence-electron chi connectivity index (χ4n) is 5.55. The van der Waals surface area contributed by atoms with Crippen LogP contribution in [0, 0.1) is 17.5 Å². The van der Waals surface area contributed by atoms with Crippen molar-refractivity contribution in [3.63, 3.8) is 0 Å². The van der Waals surface area contributed by atoms with Crippen molar-refractivity contribution in [3.05, 3.63) is 101 Å². The standard InChI is InChI=1S/C28H19F9O6S/c29-17-8-10-18(11-9-17)44(39,40)25(12-22-23(13-25)43-24(38)42-22)15-4-6-16(7-5-15)26(27(32,33)34,28(35,36)37)41-14-19-20(30)2-1-3-21(19)31/h1-11,22-23H,12-14H2/t22-,23+,25?. The summed E-state index contributed by atoms with van der Waals surface area (Å²) in [4.78, 5) is 11.2. The molecule has 2 aliphatic rings. The number of carbonyl (C=O) groups excluding carboxylic acids is 1. The maximum absolute atomic E-state index is 14.3. The van der Waals surface area contributed by atoms with Crippen LogP contribution in [0.2, 0.25) is 0 Å². The van der Waals surface area contributed by atoms with Crippen LogP contribution in [0.4, 0.5) is 44.3 Å². The number of benzene rings is 3. The molecular weight excluding hydrogens is 635 g/mol. The van der Waals surface area contributed by atoms with E-state index in [1.54, 1.807) is 0 Å². The van der Waals surface area contributed by atoms with Gasteiger partial charge < -0.3 is 14.2 Å². The van der Waals surface area contributed by atoms with Gasteiger partial charge in [-0.25, -0.2) is 26.4 Å². The van der Waals surface area contributed by atoms with Gasteiger partial charge in [-0.1, -0.05) is 30.3 Å². The van der Waals surface area contributed by atoms with E-state index in [0.29, 0.717) is 36.4 Å². The smallest absolute Gasteiger partial charge is 0.427 e. The Balaban J connectivity index is 1.62.